The van der Waals surface area contributed by atoms with E-state index in [4.69, 9.17) is 4.74 Å². The number of hydrogen-bond acceptors (Lipinski definition) is 2. The number of nitrogens with one attached hydrogen (secondary N) is 1. The zero-order chi connectivity index (χ0) is 12.1. The van der Waals surface area contributed by atoms with E-state index in [0.29, 0.717) is 13.2 Å². The standard InChI is InChI=1S/C13H16BrNO2/c14-8-10-3-5-11(6-4-10)9-15-13(16)12-2-1-7-17-12/h3-6,12H,1-2,7-9H2,(H,15,16). The average Bonchev–Trinajstić information content (AvgIpc) is 2.90. The van der Waals surface area contributed by atoms with Crippen molar-refractivity contribution in [3.63, 3.8) is 0 Å². The van der Waals surface area contributed by atoms with E-state index < -0.39 is 0 Å². The first-order valence-corrected chi connectivity index (χ1v) is 6.95. The fourth-order valence-electron chi connectivity index (χ4n) is 1.83. The number of carbonyl (C=O) groups excluding carboxylic acids is 1. The van der Waals surface area contributed by atoms with Crippen LogP contribution in [0.3, 0.4) is 0 Å². The number of ether oxygens (including phenoxy) is 1. The molecule has 0 aromatic heterocycles. The van der Waals surface area contributed by atoms with Crippen LogP contribution in [-0.4, -0.2) is 18.6 Å². The van der Waals surface area contributed by atoms with Gasteiger partial charge in [0.2, 0.25) is 5.91 Å². The minimum Gasteiger partial charge on any atom is -0.368 e. The summed E-state index contributed by atoms with van der Waals surface area (Å²) in [5.74, 6) is 0.00654. The summed E-state index contributed by atoms with van der Waals surface area (Å²) in [5, 5.41) is 3.76. The van der Waals surface area contributed by atoms with Gasteiger partial charge in [-0.1, -0.05) is 40.2 Å². The summed E-state index contributed by atoms with van der Waals surface area (Å²) in [5.41, 5.74) is 2.35. The molecular formula is C13H16BrNO2. The van der Waals surface area contributed by atoms with Crippen LogP contribution in [0.15, 0.2) is 24.3 Å². The molecule has 1 aromatic rings. The van der Waals surface area contributed by atoms with Crippen LogP contribution in [0.1, 0.15) is 24.0 Å². The first-order chi connectivity index (χ1) is 8.29. The third-order valence-corrected chi connectivity index (χ3v) is 3.51. The molecule has 1 N–H and O–H groups in total. The van der Waals surface area contributed by atoms with Crippen molar-refractivity contribution in [3.05, 3.63) is 35.4 Å². The van der Waals surface area contributed by atoms with Crippen molar-refractivity contribution < 1.29 is 9.53 Å². The molecule has 0 bridgehead atoms. The van der Waals surface area contributed by atoms with Crippen LogP contribution in [0.4, 0.5) is 0 Å². The van der Waals surface area contributed by atoms with Gasteiger partial charge in [-0.05, 0) is 24.0 Å². The number of benzene rings is 1. The Morgan fingerprint density at radius 1 is 1.35 bits per heavy atom. The van der Waals surface area contributed by atoms with Gasteiger partial charge >= 0.3 is 0 Å². The van der Waals surface area contributed by atoms with Crippen molar-refractivity contribution in [3.8, 4) is 0 Å². The second-order valence-electron chi connectivity index (χ2n) is 4.17. The Bertz CT molecular complexity index is 372. The molecule has 3 nitrogen and oxygen atoms in total. The van der Waals surface area contributed by atoms with Crippen molar-refractivity contribution in [2.75, 3.05) is 6.61 Å². The van der Waals surface area contributed by atoms with Gasteiger partial charge in [-0.25, -0.2) is 0 Å². The number of carbonyl (C=O) groups is 1. The van der Waals surface area contributed by atoms with Gasteiger partial charge in [0, 0.05) is 18.5 Å². The van der Waals surface area contributed by atoms with E-state index in [2.05, 4.69) is 33.4 Å². The Labute approximate surface area is 110 Å². The number of rotatable bonds is 4. The predicted molar refractivity (Wildman–Crippen MR) is 69.9 cm³/mol. The molecule has 17 heavy (non-hydrogen) atoms. The molecule has 0 radical (unpaired) electrons. The first-order valence-electron chi connectivity index (χ1n) is 5.82. The van der Waals surface area contributed by atoms with Crippen molar-refractivity contribution in [1.82, 2.24) is 5.32 Å². The Hall–Kier alpha value is -0.870. The van der Waals surface area contributed by atoms with Gasteiger partial charge in [0.1, 0.15) is 6.10 Å². The van der Waals surface area contributed by atoms with Crippen LogP contribution < -0.4 is 5.32 Å². The third-order valence-electron chi connectivity index (χ3n) is 2.87. The number of alkyl halides is 1. The van der Waals surface area contributed by atoms with Crippen molar-refractivity contribution in [2.45, 2.75) is 30.8 Å². The van der Waals surface area contributed by atoms with Crippen LogP contribution in [0, 0.1) is 0 Å². The lowest BCUT2D eigenvalue weighted by molar-refractivity contribution is -0.130. The van der Waals surface area contributed by atoms with E-state index >= 15 is 0 Å². The van der Waals surface area contributed by atoms with Crippen LogP contribution >= 0.6 is 15.9 Å². The Balaban J connectivity index is 1.82. The van der Waals surface area contributed by atoms with Gasteiger partial charge in [-0.15, -0.1) is 0 Å². The van der Waals surface area contributed by atoms with E-state index in [-0.39, 0.29) is 12.0 Å². The number of hydrogen-bond donors (Lipinski definition) is 1. The highest BCUT2D eigenvalue weighted by atomic mass is 79.9. The zero-order valence-corrected chi connectivity index (χ0v) is 11.2. The molecule has 92 valence electrons. The molecule has 1 amide bonds. The van der Waals surface area contributed by atoms with E-state index in [1.165, 1.54) is 5.56 Å². The molecule has 0 spiro atoms. The molecule has 1 unspecified atom stereocenters. The summed E-state index contributed by atoms with van der Waals surface area (Å²) in [7, 11) is 0. The highest BCUT2D eigenvalue weighted by Crippen LogP contribution is 2.12. The maximum atomic E-state index is 11.7. The summed E-state index contributed by atoms with van der Waals surface area (Å²) < 4.78 is 5.32. The lowest BCUT2D eigenvalue weighted by Gasteiger charge is -2.10. The van der Waals surface area contributed by atoms with E-state index in [9.17, 15) is 4.79 Å². The van der Waals surface area contributed by atoms with Crippen LogP contribution in [0.5, 0.6) is 0 Å². The molecule has 1 saturated heterocycles. The minimum absolute atomic E-state index is 0.00654. The van der Waals surface area contributed by atoms with E-state index in [1.54, 1.807) is 0 Å². The Kier molecular flexibility index (Phi) is 4.57. The van der Waals surface area contributed by atoms with Crippen LogP contribution in [0.2, 0.25) is 0 Å². The summed E-state index contributed by atoms with van der Waals surface area (Å²) in [6.45, 7) is 1.28. The molecular weight excluding hydrogens is 282 g/mol. The summed E-state index contributed by atoms with van der Waals surface area (Å²) in [4.78, 5) is 11.7. The minimum atomic E-state index is -0.239. The highest BCUT2D eigenvalue weighted by Gasteiger charge is 2.22. The van der Waals surface area contributed by atoms with Gasteiger partial charge in [0.05, 0.1) is 0 Å². The van der Waals surface area contributed by atoms with Gasteiger partial charge in [-0.2, -0.15) is 0 Å². The summed E-state index contributed by atoms with van der Waals surface area (Å²) in [6.07, 6.45) is 1.59. The fraction of sp³-hybridized carbons (Fsp3) is 0.462. The van der Waals surface area contributed by atoms with Gasteiger partial charge in [-0.3, -0.25) is 4.79 Å². The molecule has 1 heterocycles. The Morgan fingerprint density at radius 3 is 2.65 bits per heavy atom. The van der Waals surface area contributed by atoms with Crippen molar-refractivity contribution in [2.24, 2.45) is 0 Å². The molecule has 1 fully saturated rings. The predicted octanol–water partition coefficient (Wildman–Crippen LogP) is 2.38. The van der Waals surface area contributed by atoms with Crippen molar-refractivity contribution in [1.29, 1.82) is 0 Å². The average molecular weight is 298 g/mol. The first kappa shape index (κ1) is 12.6. The van der Waals surface area contributed by atoms with Crippen LogP contribution in [0.25, 0.3) is 0 Å². The highest BCUT2D eigenvalue weighted by molar-refractivity contribution is 9.08. The number of halogens is 1. The van der Waals surface area contributed by atoms with E-state index in [0.717, 1.165) is 23.7 Å². The molecule has 1 aliphatic rings. The molecule has 1 aromatic carbocycles. The lowest BCUT2D eigenvalue weighted by Crippen LogP contribution is -2.33. The molecule has 1 atom stereocenters. The second-order valence-corrected chi connectivity index (χ2v) is 4.73. The monoisotopic (exact) mass is 297 g/mol. The smallest absolute Gasteiger partial charge is 0.249 e. The van der Waals surface area contributed by atoms with Gasteiger partial charge in [0.15, 0.2) is 0 Å². The SMILES string of the molecule is O=C(NCc1ccc(CBr)cc1)C1CCCO1. The largest absolute Gasteiger partial charge is 0.368 e. The quantitative estimate of drug-likeness (QED) is 0.867. The van der Waals surface area contributed by atoms with Crippen LogP contribution in [-0.2, 0) is 21.4 Å². The number of amides is 1. The van der Waals surface area contributed by atoms with Crippen molar-refractivity contribution >= 4 is 21.8 Å². The van der Waals surface area contributed by atoms with E-state index in [1.807, 2.05) is 12.1 Å². The third kappa shape index (κ3) is 3.54. The maximum absolute atomic E-state index is 11.7. The lowest BCUT2D eigenvalue weighted by atomic mass is 10.1. The molecule has 2 rings (SSSR count). The molecule has 4 heteroatoms. The second kappa shape index (κ2) is 6.17. The molecule has 0 saturated carbocycles. The molecule has 1 aliphatic heterocycles. The van der Waals surface area contributed by atoms with Gasteiger partial charge in [0.25, 0.3) is 0 Å². The summed E-state index contributed by atoms with van der Waals surface area (Å²) >= 11 is 3.40. The molecule has 0 aliphatic carbocycles. The van der Waals surface area contributed by atoms with Gasteiger partial charge < -0.3 is 10.1 Å². The summed E-state index contributed by atoms with van der Waals surface area (Å²) in [6, 6.07) is 8.18. The normalized spacial score (nSPS) is 19.2. The maximum Gasteiger partial charge on any atom is 0.249 e. The Morgan fingerprint density at radius 2 is 2.06 bits per heavy atom. The zero-order valence-electron chi connectivity index (χ0n) is 9.62. The topological polar surface area (TPSA) is 38.3 Å². The fourth-order valence-corrected chi connectivity index (χ4v) is 2.21.